The van der Waals surface area contributed by atoms with Gasteiger partial charge in [0.25, 0.3) is 0 Å². The van der Waals surface area contributed by atoms with Gasteiger partial charge in [-0.1, -0.05) is 60.3 Å². The lowest BCUT2D eigenvalue weighted by Crippen LogP contribution is -2.34. The molecule has 0 spiro atoms. The number of aromatic amines is 1. The molecule has 2 N–H and O–H groups in total. The second-order valence-corrected chi connectivity index (χ2v) is 7.69. The van der Waals surface area contributed by atoms with Crippen LogP contribution in [0.4, 0.5) is 0 Å². The third-order valence-electron chi connectivity index (χ3n) is 4.55. The standard InChI is InChI=1S/C21H21N5OS/c1-14(11-12-15-7-3-2-4-8-15)22-18(27)13-28-21-24-20-19(25-26-21)16-9-5-6-10-17(16)23-20/h2-10,14H,11-13H2,1H3,(H,22,27)(H,23,24,26)/t14-/m0/s1. The van der Waals surface area contributed by atoms with Crippen molar-refractivity contribution in [2.24, 2.45) is 0 Å². The van der Waals surface area contributed by atoms with Crippen molar-refractivity contribution in [3.05, 3.63) is 60.2 Å². The third-order valence-corrected chi connectivity index (χ3v) is 5.39. The summed E-state index contributed by atoms with van der Waals surface area (Å²) in [6.45, 7) is 2.03. The fraction of sp³-hybridized carbons (Fsp3) is 0.238. The second kappa shape index (κ2) is 8.39. The van der Waals surface area contributed by atoms with E-state index in [2.05, 4.69) is 37.6 Å². The van der Waals surface area contributed by atoms with Gasteiger partial charge in [0.1, 0.15) is 5.52 Å². The quantitative estimate of drug-likeness (QED) is 0.469. The summed E-state index contributed by atoms with van der Waals surface area (Å²) in [7, 11) is 0. The zero-order chi connectivity index (χ0) is 19.3. The molecule has 0 unspecified atom stereocenters. The summed E-state index contributed by atoms with van der Waals surface area (Å²) >= 11 is 1.29. The first-order valence-corrected chi connectivity index (χ1v) is 10.2. The molecular formula is C21H21N5OS. The highest BCUT2D eigenvalue weighted by atomic mass is 32.2. The molecule has 0 aliphatic carbocycles. The number of nitrogens with zero attached hydrogens (tertiary/aromatic N) is 3. The zero-order valence-corrected chi connectivity index (χ0v) is 16.4. The predicted octanol–water partition coefficient (Wildman–Crippen LogP) is 3.74. The first-order chi connectivity index (χ1) is 13.7. The Hall–Kier alpha value is -2.93. The Kier molecular flexibility index (Phi) is 5.53. The van der Waals surface area contributed by atoms with Gasteiger partial charge in [0.2, 0.25) is 11.1 Å². The number of carbonyl (C=O) groups is 1. The molecule has 142 valence electrons. The van der Waals surface area contributed by atoms with E-state index in [1.807, 2.05) is 49.4 Å². The van der Waals surface area contributed by atoms with Crippen molar-refractivity contribution in [2.75, 3.05) is 5.75 Å². The van der Waals surface area contributed by atoms with E-state index in [1.165, 1.54) is 17.3 Å². The number of aryl methyl sites for hydroxylation is 1. The number of amides is 1. The lowest BCUT2D eigenvalue weighted by molar-refractivity contribution is -0.119. The Bertz CT molecular complexity index is 1100. The number of aromatic nitrogens is 4. The van der Waals surface area contributed by atoms with Gasteiger partial charge in [0.15, 0.2) is 5.65 Å². The summed E-state index contributed by atoms with van der Waals surface area (Å²) < 4.78 is 0. The monoisotopic (exact) mass is 391 g/mol. The van der Waals surface area contributed by atoms with Crippen LogP contribution in [-0.2, 0) is 11.2 Å². The van der Waals surface area contributed by atoms with E-state index < -0.39 is 0 Å². The van der Waals surface area contributed by atoms with Gasteiger partial charge in [0, 0.05) is 16.9 Å². The van der Waals surface area contributed by atoms with Crippen LogP contribution in [-0.4, -0.2) is 37.9 Å². The van der Waals surface area contributed by atoms with Crippen molar-refractivity contribution in [2.45, 2.75) is 31.0 Å². The summed E-state index contributed by atoms with van der Waals surface area (Å²) in [6.07, 6.45) is 1.85. The summed E-state index contributed by atoms with van der Waals surface area (Å²) in [4.78, 5) is 20.0. The fourth-order valence-corrected chi connectivity index (χ4v) is 3.71. The molecule has 6 nitrogen and oxygen atoms in total. The van der Waals surface area contributed by atoms with Gasteiger partial charge in [-0.05, 0) is 31.4 Å². The molecule has 1 amide bonds. The maximum Gasteiger partial charge on any atom is 0.230 e. The number of para-hydroxylation sites is 1. The Morgan fingerprint density at radius 1 is 1.11 bits per heavy atom. The predicted molar refractivity (Wildman–Crippen MR) is 112 cm³/mol. The Labute approximate surface area is 167 Å². The number of fused-ring (bicyclic) bond motifs is 3. The van der Waals surface area contributed by atoms with Crippen LogP contribution < -0.4 is 5.32 Å². The normalized spacial score (nSPS) is 12.3. The molecule has 28 heavy (non-hydrogen) atoms. The largest absolute Gasteiger partial charge is 0.353 e. The first-order valence-electron chi connectivity index (χ1n) is 9.26. The number of carbonyl (C=O) groups excluding carboxylic acids is 1. The first kappa shape index (κ1) is 18.4. The van der Waals surface area contributed by atoms with Crippen LogP contribution in [0.5, 0.6) is 0 Å². The van der Waals surface area contributed by atoms with Crippen LogP contribution in [0, 0.1) is 0 Å². The zero-order valence-electron chi connectivity index (χ0n) is 15.6. The molecule has 0 saturated carbocycles. The van der Waals surface area contributed by atoms with E-state index in [9.17, 15) is 4.79 Å². The van der Waals surface area contributed by atoms with Gasteiger partial charge in [0.05, 0.1) is 5.75 Å². The van der Waals surface area contributed by atoms with Crippen LogP contribution >= 0.6 is 11.8 Å². The summed E-state index contributed by atoms with van der Waals surface area (Å²) in [5, 5.41) is 13.0. The lowest BCUT2D eigenvalue weighted by atomic mass is 10.1. The molecule has 0 aliphatic heterocycles. The number of nitrogens with one attached hydrogen (secondary N) is 2. The van der Waals surface area contributed by atoms with Crippen molar-refractivity contribution in [3.63, 3.8) is 0 Å². The average Bonchev–Trinajstić information content (AvgIpc) is 3.09. The molecule has 0 saturated heterocycles. The minimum absolute atomic E-state index is 0.0223. The summed E-state index contributed by atoms with van der Waals surface area (Å²) in [5.41, 5.74) is 3.70. The van der Waals surface area contributed by atoms with Crippen LogP contribution in [0.2, 0.25) is 0 Å². The molecule has 0 bridgehead atoms. The van der Waals surface area contributed by atoms with Crippen molar-refractivity contribution < 1.29 is 4.79 Å². The minimum atomic E-state index is -0.0223. The summed E-state index contributed by atoms with van der Waals surface area (Å²) in [5.74, 6) is 0.245. The van der Waals surface area contributed by atoms with Gasteiger partial charge in [-0.3, -0.25) is 4.79 Å². The van der Waals surface area contributed by atoms with Crippen LogP contribution in [0.25, 0.3) is 22.1 Å². The number of rotatable bonds is 7. The van der Waals surface area contributed by atoms with E-state index in [0.717, 1.165) is 29.3 Å². The number of benzene rings is 2. The van der Waals surface area contributed by atoms with Gasteiger partial charge in [-0.15, -0.1) is 10.2 Å². The smallest absolute Gasteiger partial charge is 0.230 e. The Balaban J connectivity index is 1.31. The van der Waals surface area contributed by atoms with E-state index in [-0.39, 0.29) is 17.7 Å². The highest BCUT2D eigenvalue weighted by Gasteiger charge is 2.12. The van der Waals surface area contributed by atoms with Gasteiger partial charge in [-0.25, -0.2) is 4.98 Å². The molecule has 4 rings (SSSR count). The number of H-pyrrole nitrogens is 1. The molecule has 2 heterocycles. The van der Waals surface area contributed by atoms with Crippen molar-refractivity contribution >= 4 is 39.7 Å². The molecule has 4 aromatic rings. The van der Waals surface area contributed by atoms with E-state index in [4.69, 9.17) is 0 Å². The Morgan fingerprint density at radius 2 is 1.89 bits per heavy atom. The lowest BCUT2D eigenvalue weighted by Gasteiger charge is -2.13. The Morgan fingerprint density at radius 3 is 2.75 bits per heavy atom. The molecule has 7 heteroatoms. The van der Waals surface area contributed by atoms with E-state index in [0.29, 0.717) is 10.8 Å². The molecular weight excluding hydrogens is 370 g/mol. The van der Waals surface area contributed by atoms with E-state index >= 15 is 0 Å². The molecule has 1 atom stereocenters. The number of thioether (sulfide) groups is 1. The highest BCUT2D eigenvalue weighted by Crippen LogP contribution is 2.23. The molecule has 2 aromatic carbocycles. The van der Waals surface area contributed by atoms with Gasteiger partial charge < -0.3 is 10.3 Å². The second-order valence-electron chi connectivity index (χ2n) is 6.74. The highest BCUT2D eigenvalue weighted by molar-refractivity contribution is 7.99. The van der Waals surface area contributed by atoms with Gasteiger partial charge >= 0.3 is 0 Å². The molecule has 2 aromatic heterocycles. The fourth-order valence-electron chi connectivity index (χ4n) is 3.11. The van der Waals surface area contributed by atoms with Crippen LogP contribution in [0.3, 0.4) is 0 Å². The molecule has 0 aliphatic rings. The van der Waals surface area contributed by atoms with Crippen molar-refractivity contribution in [1.82, 2.24) is 25.5 Å². The minimum Gasteiger partial charge on any atom is -0.353 e. The number of hydrogen-bond donors (Lipinski definition) is 2. The van der Waals surface area contributed by atoms with E-state index in [1.54, 1.807) is 0 Å². The number of hydrogen-bond acceptors (Lipinski definition) is 5. The van der Waals surface area contributed by atoms with Crippen molar-refractivity contribution in [3.8, 4) is 0 Å². The van der Waals surface area contributed by atoms with Crippen LogP contribution in [0.15, 0.2) is 59.8 Å². The third kappa shape index (κ3) is 4.31. The van der Waals surface area contributed by atoms with Crippen molar-refractivity contribution in [1.29, 1.82) is 0 Å². The SMILES string of the molecule is C[C@@H](CCc1ccccc1)NC(=O)CSc1nnc2c(n1)[nH]c1ccccc12. The average molecular weight is 392 g/mol. The topological polar surface area (TPSA) is 83.6 Å². The maximum absolute atomic E-state index is 12.2. The summed E-state index contributed by atoms with van der Waals surface area (Å²) in [6, 6.07) is 18.3. The van der Waals surface area contributed by atoms with Crippen LogP contribution in [0.1, 0.15) is 18.9 Å². The molecule has 0 fully saturated rings. The maximum atomic E-state index is 12.2. The van der Waals surface area contributed by atoms with Gasteiger partial charge in [-0.2, -0.15) is 0 Å². The molecule has 0 radical (unpaired) electrons.